The zero-order valence-corrected chi connectivity index (χ0v) is 64.6. The van der Waals surface area contributed by atoms with E-state index >= 15 is 0 Å². The predicted molar refractivity (Wildman–Crippen MR) is 427 cm³/mol. The van der Waals surface area contributed by atoms with E-state index in [1.807, 2.05) is 45.8 Å². The van der Waals surface area contributed by atoms with Crippen LogP contribution < -0.4 is 16.0 Å². The summed E-state index contributed by atoms with van der Waals surface area (Å²) >= 11 is 0. The molecule has 3 amide bonds. The van der Waals surface area contributed by atoms with E-state index in [0.29, 0.717) is 85.6 Å². The van der Waals surface area contributed by atoms with Crippen molar-refractivity contribution in [3.05, 3.63) is 333 Å². The smallest absolute Gasteiger partial charge is 0.354 e. The van der Waals surface area contributed by atoms with Gasteiger partial charge in [0.1, 0.15) is 34.9 Å². The van der Waals surface area contributed by atoms with Crippen molar-refractivity contribution in [1.29, 1.82) is 0 Å². The van der Waals surface area contributed by atoms with Crippen molar-refractivity contribution in [3.8, 4) is 52.6 Å². The second kappa shape index (κ2) is 35.0. The number of benzene rings is 6. The molecule has 0 atom stereocenters. The third-order valence-electron chi connectivity index (χ3n) is 18.4. The minimum Gasteiger partial charge on any atom is -0.354 e. The molecule has 0 radical (unpaired) electrons. The molecular weight excluding hydrogens is 1560 g/mol. The molecule has 0 bridgehead atoms. The van der Waals surface area contributed by atoms with E-state index in [4.69, 9.17) is 0 Å². The molecule has 32 heteroatoms. The fourth-order valence-corrected chi connectivity index (χ4v) is 12.4. The molecule has 3 N–H and O–H groups in total. The summed E-state index contributed by atoms with van der Waals surface area (Å²) in [6.07, 6.45) is 5.60. The highest BCUT2D eigenvalue weighted by Gasteiger charge is 2.35. The zero-order chi connectivity index (χ0) is 85.3. The average Bonchev–Trinajstić information content (AvgIpc) is 1.53. The first kappa shape index (κ1) is 82.6. The number of rotatable bonds is 15. The highest BCUT2D eigenvalue weighted by atomic mass is 19.4. The van der Waals surface area contributed by atoms with Crippen molar-refractivity contribution in [2.45, 2.75) is 65.6 Å². The maximum absolute atomic E-state index is 13.9. The van der Waals surface area contributed by atoms with Gasteiger partial charge in [-0.05, 0) is 196 Å². The number of nitrogens with one attached hydrogen (secondary N) is 3. The van der Waals surface area contributed by atoms with Gasteiger partial charge in [-0.25, -0.2) is 38.9 Å². The standard InChI is InChI=1S/C33H29F3N6O2.C28H20F3N7O2.C27H18F3N5O/c1-21-7-8-25(17-24(21)9-10-27-19-38-32-29(39-22(2)43)6-5-12-42(27)32)30(44)16-23-14-26(33(34,35)36)18-28(15-23)41-13-11-37-31(41)20-40(3)4;1-17-5-7-21(11-18(17)6-8-22-14-33-25-4-3-9-35-38(22)25)36-26(39)19-10-20(28(29,30)31)13-23(12-19)37-15-24(34-16-37)27(40)32-2;1-18-4-5-21(14-20(18)6-7-23-16-32-26-3-2-8-33-35(23)26)25(36)13-19-11-22(27(28,29)30)15-24(12-19)34-10-9-31-17-34/h5-8,11-15,17-19H,16,20H2,1-4H3,(H,39,43);3-5,7,9-16H,1-2H3,(H,32,40)(H,36,39);2-5,8-12,14-17H,13H2,1H3. The van der Waals surface area contributed by atoms with Crippen LogP contribution >= 0.6 is 0 Å². The van der Waals surface area contributed by atoms with Crippen molar-refractivity contribution >= 4 is 57.6 Å². The normalized spacial score (nSPS) is 11.3. The number of anilines is 2. The number of hydrogen-bond acceptors (Lipinski definition) is 14. The molecule has 6 aromatic carbocycles. The number of carbonyl (C=O) groups excluding carboxylic acids is 5. The Bertz CT molecular complexity index is 6670. The van der Waals surface area contributed by atoms with Crippen LogP contribution in [0.4, 0.5) is 50.9 Å². The van der Waals surface area contributed by atoms with E-state index in [1.54, 1.807) is 165 Å². The number of pyridine rings is 1. The fourth-order valence-electron chi connectivity index (χ4n) is 12.4. The van der Waals surface area contributed by atoms with Gasteiger partial charge in [-0.2, -0.15) is 49.7 Å². The molecule has 0 aliphatic rings. The third kappa shape index (κ3) is 19.8. The second-order valence-corrected chi connectivity index (χ2v) is 27.5. The summed E-state index contributed by atoms with van der Waals surface area (Å²) in [7, 11) is 5.10. The molecule has 23 nitrogen and oxygen atoms in total. The molecule has 0 aliphatic heterocycles. The van der Waals surface area contributed by atoms with Crippen LogP contribution in [0.15, 0.2) is 226 Å². The van der Waals surface area contributed by atoms with Crippen LogP contribution in [0.1, 0.15) is 133 Å². The van der Waals surface area contributed by atoms with Crippen LogP contribution in [0.3, 0.4) is 0 Å². The minimum atomic E-state index is -4.71. The molecular formula is C88H67F9N18O5. The Morgan fingerprint density at radius 1 is 0.475 bits per heavy atom. The second-order valence-electron chi connectivity index (χ2n) is 27.5. The molecule has 0 spiro atoms. The lowest BCUT2D eigenvalue weighted by Crippen LogP contribution is -2.18. The molecule has 15 rings (SSSR count). The minimum absolute atomic E-state index is 0.0129. The van der Waals surface area contributed by atoms with Crippen LogP contribution in [-0.4, -0.2) is 123 Å². The van der Waals surface area contributed by atoms with Crippen molar-refractivity contribution in [2.75, 3.05) is 31.8 Å². The third-order valence-corrected chi connectivity index (χ3v) is 18.4. The van der Waals surface area contributed by atoms with Crippen molar-refractivity contribution < 1.29 is 63.5 Å². The Labute approximate surface area is 678 Å². The number of fused-ring (bicyclic) bond motifs is 3. The van der Waals surface area contributed by atoms with E-state index in [9.17, 15) is 63.5 Å². The largest absolute Gasteiger partial charge is 0.416 e. The summed E-state index contributed by atoms with van der Waals surface area (Å²) in [4.78, 5) is 89.8. The highest BCUT2D eigenvalue weighted by molar-refractivity contribution is 6.05. The van der Waals surface area contributed by atoms with Crippen LogP contribution in [0.5, 0.6) is 0 Å². The van der Waals surface area contributed by atoms with Crippen LogP contribution in [0.2, 0.25) is 0 Å². The lowest BCUT2D eigenvalue weighted by atomic mass is 9.97. The first-order chi connectivity index (χ1) is 57.3. The zero-order valence-electron chi connectivity index (χ0n) is 64.6. The summed E-state index contributed by atoms with van der Waals surface area (Å²) < 4.78 is 133. The van der Waals surface area contributed by atoms with Crippen LogP contribution in [-0.2, 0) is 42.7 Å². The molecule has 602 valence electrons. The first-order valence-electron chi connectivity index (χ1n) is 36.4. The number of amides is 3. The molecule has 15 aromatic rings. The molecule has 120 heavy (non-hydrogen) atoms. The van der Waals surface area contributed by atoms with E-state index in [-0.39, 0.29) is 69.8 Å². The van der Waals surface area contributed by atoms with Gasteiger partial charge in [-0.1, -0.05) is 48.1 Å². The molecule has 0 unspecified atom stereocenters. The predicted octanol–water partition coefficient (Wildman–Crippen LogP) is 15.0. The number of hydrogen-bond donors (Lipinski definition) is 3. The maximum atomic E-state index is 13.9. The Kier molecular flexibility index (Phi) is 24.1. The summed E-state index contributed by atoms with van der Waals surface area (Å²) in [6, 6.07) is 36.0. The maximum Gasteiger partial charge on any atom is 0.416 e. The SMILES string of the molecule is CC(=O)Nc1cccn2c(C#Cc3cc(C(=O)Cc4cc(-n5ccnc5CN(C)C)cc(C(F)(F)F)c4)ccc3C)cnc12.CNC(=O)c1cn(-c2cc(C(=O)Nc3ccc(C)c(C#Cc4cnc5cccnn45)c3)cc(C(F)(F)F)c2)cn1.Cc1ccc(C(=O)Cc2cc(-n3ccnc3)cc(C(F)(F)F)c2)cc1C#Cc1cnc2cccnn12. The molecule has 0 saturated heterocycles. The van der Waals surface area contributed by atoms with E-state index in [0.717, 1.165) is 53.1 Å². The van der Waals surface area contributed by atoms with Crippen molar-refractivity contribution in [3.63, 3.8) is 0 Å². The van der Waals surface area contributed by atoms with Gasteiger partial charge in [-0.3, -0.25) is 28.4 Å². The van der Waals surface area contributed by atoms with Gasteiger partial charge < -0.3 is 34.6 Å². The highest BCUT2D eigenvalue weighted by Crippen LogP contribution is 2.36. The van der Waals surface area contributed by atoms with Gasteiger partial charge in [0.15, 0.2) is 28.5 Å². The number of Topliss-reactive ketones (excluding diaryl/α,β-unsaturated/α-hetero) is 2. The van der Waals surface area contributed by atoms with Crippen molar-refractivity contribution in [2.24, 2.45) is 0 Å². The lowest BCUT2D eigenvalue weighted by Gasteiger charge is -2.16. The molecule has 9 heterocycles. The van der Waals surface area contributed by atoms with E-state index in [2.05, 4.69) is 91.6 Å². The molecule has 0 saturated carbocycles. The number of alkyl halides is 9. The number of imidazole rings is 6. The van der Waals surface area contributed by atoms with Crippen molar-refractivity contribution in [1.82, 2.24) is 77.5 Å². The van der Waals surface area contributed by atoms with Crippen LogP contribution in [0, 0.1) is 56.3 Å². The number of halogens is 9. The number of ketones is 2. The Morgan fingerprint density at radius 3 is 1.56 bits per heavy atom. The number of carbonyl (C=O) groups is 5. The van der Waals surface area contributed by atoms with Crippen LogP contribution in [0.25, 0.3) is 34.0 Å². The number of nitrogens with zero attached hydrogens (tertiary/aromatic N) is 15. The summed E-state index contributed by atoms with van der Waals surface area (Å²) in [5.74, 6) is 16.8. The van der Waals surface area contributed by atoms with Gasteiger partial charge >= 0.3 is 18.5 Å². The number of aryl methyl sites for hydroxylation is 3. The fraction of sp³-hybridized carbons (Fsp3) is 0.148. The lowest BCUT2D eigenvalue weighted by molar-refractivity contribution is -0.138. The van der Waals surface area contributed by atoms with Gasteiger partial charge in [0.25, 0.3) is 11.8 Å². The summed E-state index contributed by atoms with van der Waals surface area (Å²) in [6.45, 7) is 7.42. The first-order valence-corrected chi connectivity index (χ1v) is 36.4. The van der Waals surface area contributed by atoms with E-state index < -0.39 is 47.0 Å². The Morgan fingerprint density at radius 2 is 1.01 bits per heavy atom. The van der Waals surface area contributed by atoms with Gasteiger partial charge in [0, 0.05) is 133 Å². The van der Waals surface area contributed by atoms with Gasteiger partial charge in [0.2, 0.25) is 5.91 Å². The topological polar surface area (TPSA) is 256 Å². The molecule has 9 aromatic heterocycles. The molecule has 0 fully saturated rings. The Balaban J connectivity index is 0.000000156. The average molecular weight is 1630 g/mol. The van der Waals surface area contributed by atoms with Gasteiger partial charge in [-0.15, -0.1) is 0 Å². The van der Waals surface area contributed by atoms with Gasteiger partial charge in [0.05, 0.1) is 53.8 Å². The quantitative estimate of drug-likeness (QED) is 0.0490. The molecule has 0 aliphatic carbocycles. The monoisotopic (exact) mass is 1630 g/mol. The number of aromatic nitrogens is 14. The Hall–Kier alpha value is -15.4. The summed E-state index contributed by atoms with van der Waals surface area (Å²) in [5.41, 5.74) is 7.70. The van der Waals surface area contributed by atoms with E-state index in [1.165, 1.54) is 60.4 Å². The summed E-state index contributed by atoms with van der Waals surface area (Å²) in [5, 5.41) is 16.2.